The molecule has 18 heavy (non-hydrogen) atoms. The van der Waals surface area contributed by atoms with Crippen LogP contribution in [-0.4, -0.2) is 11.9 Å². The number of benzene rings is 1. The van der Waals surface area contributed by atoms with Gasteiger partial charge < -0.3 is 11.1 Å². The first-order valence-corrected chi connectivity index (χ1v) is 6.58. The first-order valence-electron chi connectivity index (χ1n) is 6.58. The van der Waals surface area contributed by atoms with Crippen LogP contribution in [0, 0.1) is 0 Å². The van der Waals surface area contributed by atoms with Gasteiger partial charge in [0.15, 0.2) is 0 Å². The molecule has 0 radical (unpaired) electrons. The normalized spacial score (nSPS) is 11.6. The van der Waals surface area contributed by atoms with Crippen LogP contribution in [0.5, 0.6) is 0 Å². The lowest BCUT2D eigenvalue weighted by atomic mass is 9.83. The van der Waals surface area contributed by atoms with Crippen LogP contribution < -0.4 is 11.1 Å². The fraction of sp³-hybridized carbons (Fsp3) is 0.533. The van der Waals surface area contributed by atoms with Gasteiger partial charge in [0.2, 0.25) is 5.91 Å². The number of nitrogens with two attached hydrogens (primary N) is 1. The standard InChI is InChI=1S/C15H24N2O/c1-5-13(6-2)17-14(18)15(3,4)11-7-9-12(16)10-8-11/h7-10,13H,5-6,16H2,1-4H3,(H,17,18). The molecule has 3 heteroatoms. The molecule has 100 valence electrons. The minimum Gasteiger partial charge on any atom is -0.399 e. The highest BCUT2D eigenvalue weighted by molar-refractivity contribution is 5.87. The van der Waals surface area contributed by atoms with E-state index >= 15 is 0 Å². The first kappa shape index (κ1) is 14.6. The molecule has 0 saturated heterocycles. The van der Waals surface area contributed by atoms with Crippen molar-refractivity contribution in [2.24, 2.45) is 0 Å². The van der Waals surface area contributed by atoms with E-state index in [0.29, 0.717) is 0 Å². The van der Waals surface area contributed by atoms with Crippen LogP contribution in [0.1, 0.15) is 46.1 Å². The van der Waals surface area contributed by atoms with E-state index in [1.54, 1.807) is 0 Å². The molecule has 3 nitrogen and oxygen atoms in total. The zero-order valence-corrected chi connectivity index (χ0v) is 11.8. The van der Waals surface area contributed by atoms with Gasteiger partial charge in [0.1, 0.15) is 0 Å². The molecule has 1 amide bonds. The minimum atomic E-state index is -0.531. The van der Waals surface area contributed by atoms with Crippen molar-refractivity contribution >= 4 is 11.6 Å². The van der Waals surface area contributed by atoms with Gasteiger partial charge in [-0.1, -0.05) is 26.0 Å². The third kappa shape index (κ3) is 3.25. The van der Waals surface area contributed by atoms with Crippen molar-refractivity contribution in [1.82, 2.24) is 5.32 Å². The Bertz CT molecular complexity index is 391. The Morgan fingerprint density at radius 2 is 1.72 bits per heavy atom. The molecule has 0 heterocycles. The summed E-state index contributed by atoms with van der Waals surface area (Å²) in [4.78, 5) is 12.3. The van der Waals surface area contributed by atoms with Gasteiger partial charge in [-0.3, -0.25) is 4.79 Å². The van der Waals surface area contributed by atoms with Crippen molar-refractivity contribution < 1.29 is 4.79 Å². The topological polar surface area (TPSA) is 55.1 Å². The van der Waals surface area contributed by atoms with E-state index in [4.69, 9.17) is 5.73 Å². The summed E-state index contributed by atoms with van der Waals surface area (Å²) in [5.74, 6) is 0.0703. The molecule has 0 bridgehead atoms. The van der Waals surface area contributed by atoms with Gasteiger partial charge in [-0.25, -0.2) is 0 Å². The van der Waals surface area contributed by atoms with Crippen molar-refractivity contribution in [2.45, 2.75) is 52.0 Å². The molecule has 0 aromatic heterocycles. The summed E-state index contributed by atoms with van der Waals surface area (Å²) in [6.45, 7) is 8.06. The van der Waals surface area contributed by atoms with E-state index < -0.39 is 5.41 Å². The Kier molecular flexibility index (Phi) is 4.76. The Morgan fingerprint density at radius 3 is 2.17 bits per heavy atom. The smallest absolute Gasteiger partial charge is 0.230 e. The quantitative estimate of drug-likeness (QED) is 0.787. The fourth-order valence-electron chi connectivity index (χ4n) is 1.89. The zero-order valence-electron chi connectivity index (χ0n) is 11.8. The highest BCUT2D eigenvalue weighted by Crippen LogP contribution is 2.24. The highest BCUT2D eigenvalue weighted by Gasteiger charge is 2.30. The van der Waals surface area contributed by atoms with Gasteiger partial charge in [-0.2, -0.15) is 0 Å². The number of rotatable bonds is 5. The predicted octanol–water partition coefficient (Wildman–Crippen LogP) is 2.85. The average Bonchev–Trinajstić information content (AvgIpc) is 2.36. The third-order valence-corrected chi connectivity index (χ3v) is 3.52. The summed E-state index contributed by atoms with van der Waals surface area (Å²) in [5.41, 5.74) is 6.84. The molecule has 1 aromatic rings. The lowest BCUT2D eigenvalue weighted by Gasteiger charge is -2.27. The Hall–Kier alpha value is -1.51. The molecule has 0 aliphatic heterocycles. The number of nitrogen functional groups attached to an aromatic ring is 1. The van der Waals surface area contributed by atoms with Crippen LogP contribution in [0.15, 0.2) is 24.3 Å². The van der Waals surface area contributed by atoms with E-state index in [1.165, 1.54) is 0 Å². The third-order valence-electron chi connectivity index (χ3n) is 3.52. The summed E-state index contributed by atoms with van der Waals surface area (Å²) in [6, 6.07) is 7.76. The number of anilines is 1. The molecular weight excluding hydrogens is 224 g/mol. The molecular formula is C15H24N2O. The van der Waals surface area contributed by atoms with Gasteiger partial charge in [0.05, 0.1) is 5.41 Å². The van der Waals surface area contributed by atoms with Crippen LogP contribution in [0.4, 0.5) is 5.69 Å². The Morgan fingerprint density at radius 1 is 1.22 bits per heavy atom. The molecule has 0 fully saturated rings. The Balaban J connectivity index is 2.85. The molecule has 3 N–H and O–H groups in total. The lowest BCUT2D eigenvalue weighted by Crippen LogP contribution is -2.44. The average molecular weight is 248 g/mol. The van der Waals surface area contributed by atoms with Crippen molar-refractivity contribution in [3.63, 3.8) is 0 Å². The number of hydrogen-bond acceptors (Lipinski definition) is 2. The second-order valence-corrected chi connectivity index (χ2v) is 5.23. The maximum atomic E-state index is 12.3. The molecule has 0 aliphatic rings. The van der Waals surface area contributed by atoms with Crippen molar-refractivity contribution in [3.8, 4) is 0 Å². The van der Waals surface area contributed by atoms with Crippen molar-refractivity contribution in [3.05, 3.63) is 29.8 Å². The van der Waals surface area contributed by atoms with Crippen LogP contribution in [-0.2, 0) is 10.2 Å². The second kappa shape index (κ2) is 5.89. The van der Waals surface area contributed by atoms with E-state index in [9.17, 15) is 4.79 Å². The molecule has 1 aromatic carbocycles. The maximum Gasteiger partial charge on any atom is 0.230 e. The maximum absolute atomic E-state index is 12.3. The summed E-state index contributed by atoms with van der Waals surface area (Å²) < 4.78 is 0. The zero-order chi connectivity index (χ0) is 13.8. The monoisotopic (exact) mass is 248 g/mol. The number of amides is 1. The van der Waals surface area contributed by atoms with Crippen LogP contribution in [0.25, 0.3) is 0 Å². The van der Waals surface area contributed by atoms with Crippen molar-refractivity contribution in [1.29, 1.82) is 0 Å². The van der Waals surface area contributed by atoms with E-state index in [0.717, 1.165) is 24.1 Å². The van der Waals surface area contributed by atoms with Crippen LogP contribution in [0.2, 0.25) is 0 Å². The molecule has 0 unspecified atom stereocenters. The second-order valence-electron chi connectivity index (χ2n) is 5.23. The molecule has 0 spiro atoms. The molecule has 0 aliphatic carbocycles. The number of carbonyl (C=O) groups is 1. The highest BCUT2D eigenvalue weighted by atomic mass is 16.2. The predicted molar refractivity (Wildman–Crippen MR) is 76.4 cm³/mol. The molecule has 0 saturated carbocycles. The Labute approximate surface area is 110 Å². The molecule has 0 atom stereocenters. The summed E-state index contributed by atoms with van der Waals surface area (Å²) in [5, 5.41) is 3.10. The fourth-order valence-corrected chi connectivity index (χ4v) is 1.89. The van der Waals surface area contributed by atoms with Gasteiger partial charge in [-0.05, 0) is 44.4 Å². The summed E-state index contributed by atoms with van der Waals surface area (Å²) in [7, 11) is 0. The van der Waals surface area contributed by atoms with E-state index in [-0.39, 0.29) is 11.9 Å². The molecule has 1 rings (SSSR count). The lowest BCUT2D eigenvalue weighted by molar-refractivity contribution is -0.126. The summed E-state index contributed by atoms with van der Waals surface area (Å²) in [6.07, 6.45) is 1.92. The number of hydrogen-bond donors (Lipinski definition) is 2. The van der Waals surface area contributed by atoms with Gasteiger partial charge >= 0.3 is 0 Å². The van der Waals surface area contributed by atoms with Crippen molar-refractivity contribution in [2.75, 3.05) is 5.73 Å². The number of nitrogens with one attached hydrogen (secondary N) is 1. The van der Waals surface area contributed by atoms with Crippen LogP contribution in [0.3, 0.4) is 0 Å². The van der Waals surface area contributed by atoms with E-state index in [2.05, 4.69) is 19.2 Å². The first-order chi connectivity index (χ1) is 8.41. The SMILES string of the molecule is CCC(CC)NC(=O)C(C)(C)c1ccc(N)cc1. The van der Waals surface area contributed by atoms with Gasteiger partial charge in [0.25, 0.3) is 0 Å². The van der Waals surface area contributed by atoms with Gasteiger partial charge in [0, 0.05) is 11.7 Å². The van der Waals surface area contributed by atoms with E-state index in [1.807, 2.05) is 38.1 Å². The van der Waals surface area contributed by atoms with Crippen LogP contribution >= 0.6 is 0 Å². The summed E-state index contributed by atoms with van der Waals surface area (Å²) >= 11 is 0. The number of carbonyl (C=O) groups excluding carboxylic acids is 1. The van der Waals surface area contributed by atoms with Gasteiger partial charge in [-0.15, -0.1) is 0 Å². The minimum absolute atomic E-state index is 0.0703. The largest absolute Gasteiger partial charge is 0.399 e.